The highest BCUT2D eigenvalue weighted by molar-refractivity contribution is 7.89. The average Bonchev–Trinajstić information content (AvgIpc) is 2.84. The second-order valence-corrected chi connectivity index (χ2v) is 11.1. The standard InChI is InChI=1S/C27H28F2N2O3S/c28-21-11-13-22(14-12-21)35(33,34)30-15-3-4-16-31-25(17-30)27(26(31)18-32)20-9-7-19(8-10-20)23-5-1-2-6-24(23)29/h1-2,5-14,25-27,32H,3-4,15-18H2/t25-,26-,27+/m1/s1. The minimum atomic E-state index is -3.78. The van der Waals surface area contributed by atoms with E-state index in [1.807, 2.05) is 24.3 Å². The molecule has 0 aromatic heterocycles. The minimum Gasteiger partial charge on any atom is -0.395 e. The topological polar surface area (TPSA) is 60.9 Å². The van der Waals surface area contributed by atoms with Crippen LogP contribution in [-0.4, -0.2) is 61.1 Å². The highest BCUT2D eigenvalue weighted by Crippen LogP contribution is 2.43. The maximum absolute atomic E-state index is 14.2. The molecule has 0 aliphatic carbocycles. The summed E-state index contributed by atoms with van der Waals surface area (Å²) in [4.78, 5) is 2.27. The van der Waals surface area contributed by atoms with Crippen molar-refractivity contribution in [3.63, 3.8) is 0 Å². The molecule has 1 N–H and O–H groups in total. The molecular formula is C27H28F2N2O3S. The summed E-state index contributed by atoms with van der Waals surface area (Å²) in [5.41, 5.74) is 2.28. The number of halogens is 2. The van der Waals surface area contributed by atoms with Crippen molar-refractivity contribution in [2.24, 2.45) is 0 Å². The smallest absolute Gasteiger partial charge is 0.243 e. The van der Waals surface area contributed by atoms with E-state index in [2.05, 4.69) is 4.90 Å². The first-order valence-corrected chi connectivity index (χ1v) is 13.3. The van der Waals surface area contributed by atoms with Crippen molar-refractivity contribution >= 4 is 10.0 Å². The van der Waals surface area contributed by atoms with Gasteiger partial charge in [0.15, 0.2) is 0 Å². The zero-order valence-electron chi connectivity index (χ0n) is 19.2. The monoisotopic (exact) mass is 498 g/mol. The Morgan fingerprint density at radius 1 is 0.886 bits per heavy atom. The van der Waals surface area contributed by atoms with Crippen LogP contribution in [0.4, 0.5) is 8.78 Å². The van der Waals surface area contributed by atoms with Crippen LogP contribution in [0.15, 0.2) is 77.7 Å². The quantitative estimate of drug-likeness (QED) is 0.572. The highest BCUT2D eigenvalue weighted by atomic mass is 32.2. The van der Waals surface area contributed by atoms with E-state index in [1.54, 1.807) is 18.2 Å². The maximum atomic E-state index is 14.2. The molecule has 3 aromatic carbocycles. The third kappa shape index (κ3) is 4.51. The molecule has 2 aliphatic heterocycles. The Morgan fingerprint density at radius 3 is 2.26 bits per heavy atom. The van der Waals surface area contributed by atoms with Gasteiger partial charge in [0.2, 0.25) is 10.0 Å². The van der Waals surface area contributed by atoms with Crippen LogP contribution in [0.2, 0.25) is 0 Å². The molecule has 0 bridgehead atoms. The van der Waals surface area contributed by atoms with Crippen LogP contribution >= 0.6 is 0 Å². The average molecular weight is 499 g/mol. The fourth-order valence-electron chi connectivity index (χ4n) is 5.46. The molecule has 0 amide bonds. The first kappa shape index (κ1) is 24.1. The Hall–Kier alpha value is -2.65. The van der Waals surface area contributed by atoms with Gasteiger partial charge in [0.05, 0.1) is 11.5 Å². The Balaban J connectivity index is 1.43. The lowest BCUT2D eigenvalue weighted by molar-refractivity contribution is -0.0553. The van der Waals surface area contributed by atoms with Gasteiger partial charge in [-0.3, -0.25) is 4.90 Å². The molecule has 0 spiro atoms. The number of sulfonamides is 1. The molecule has 184 valence electrons. The summed E-state index contributed by atoms with van der Waals surface area (Å²) >= 11 is 0. The molecule has 8 heteroatoms. The first-order chi connectivity index (χ1) is 16.9. The van der Waals surface area contributed by atoms with E-state index in [0.29, 0.717) is 18.5 Å². The molecular weight excluding hydrogens is 470 g/mol. The van der Waals surface area contributed by atoms with Gasteiger partial charge in [0, 0.05) is 36.7 Å². The Labute approximate surface area is 204 Å². The van der Waals surface area contributed by atoms with Crippen molar-refractivity contribution in [1.82, 2.24) is 9.21 Å². The van der Waals surface area contributed by atoms with E-state index < -0.39 is 15.8 Å². The molecule has 0 unspecified atom stereocenters. The molecule has 2 fully saturated rings. The second-order valence-electron chi connectivity index (χ2n) is 9.21. The summed E-state index contributed by atoms with van der Waals surface area (Å²) in [5.74, 6) is -0.824. The summed E-state index contributed by atoms with van der Waals surface area (Å²) < 4.78 is 55.8. The SMILES string of the molecule is O=S(=O)(c1ccc(F)cc1)N1CCCCN2[C@H](CO)[C@@H](c3ccc(-c4ccccc4F)cc3)[C@H]2C1. The predicted molar refractivity (Wildman–Crippen MR) is 130 cm³/mol. The number of fused-ring (bicyclic) bond motifs is 1. The highest BCUT2D eigenvalue weighted by Gasteiger charge is 2.50. The van der Waals surface area contributed by atoms with E-state index in [-0.39, 0.29) is 41.9 Å². The number of nitrogens with zero attached hydrogens (tertiary/aromatic N) is 2. The Bertz CT molecular complexity index is 1280. The predicted octanol–water partition coefficient (Wildman–Crippen LogP) is 4.25. The number of benzene rings is 3. The number of rotatable bonds is 5. The molecule has 3 atom stereocenters. The maximum Gasteiger partial charge on any atom is 0.243 e. The lowest BCUT2D eigenvalue weighted by Crippen LogP contribution is -2.67. The molecule has 0 saturated carbocycles. The van der Waals surface area contributed by atoms with Crippen molar-refractivity contribution in [3.8, 4) is 11.1 Å². The number of hydrogen-bond acceptors (Lipinski definition) is 4. The molecule has 2 saturated heterocycles. The van der Waals surface area contributed by atoms with Crippen LogP contribution in [0.5, 0.6) is 0 Å². The lowest BCUT2D eigenvalue weighted by atomic mass is 9.74. The fourth-order valence-corrected chi connectivity index (χ4v) is 6.96. The Kier molecular flexibility index (Phi) is 6.72. The normalized spacial score (nSPS) is 23.7. The zero-order valence-corrected chi connectivity index (χ0v) is 20.0. The lowest BCUT2D eigenvalue weighted by Gasteiger charge is -2.57. The zero-order chi connectivity index (χ0) is 24.6. The molecule has 3 aromatic rings. The van der Waals surface area contributed by atoms with Gasteiger partial charge >= 0.3 is 0 Å². The van der Waals surface area contributed by atoms with Gasteiger partial charge in [-0.05, 0) is 60.8 Å². The van der Waals surface area contributed by atoms with Crippen LogP contribution < -0.4 is 0 Å². The summed E-state index contributed by atoms with van der Waals surface area (Å²) in [5, 5.41) is 10.2. The minimum absolute atomic E-state index is 0.0268. The van der Waals surface area contributed by atoms with E-state index >= 15 is 0 Å². The van der Waals surface area contributed by atoms with Crippen molar-refractivity contribution in [2.45, 2.75) is 35.7 Å². The molecule has 5 nitrogen and oxygen atoms in total. The van der Waals surface area contributed by atoms with Gasteiger partial charge in [-0.1, -0.05) is 42.5 Å². The van der Waals surface area contributed by atoms with Crippen LogP contribution in [0.1, 0.15) is 24.3 Å². The number of hydrogen-bond donors (Lipinski definition) is 1. The van der Waals surface area contributed by atoms with Gasteiger partial charge < -0.3 is 5.11 Å². The van der Waals surface area contributed by atoms with Gasteiger partial charge in [-0.2, -0.15) is 4.31 Å². The molecule has 2 heterocycles. The van der Waals surface area contributed by atoms with E-state index in [4.69, 9.17) is 0 Å². The van der Waals surface area contributed by atoms with E-state index in [1.165, 1.54) is 22.5 Å². The largest absolute Gasteiger partial charge is 0.395 e. The second kappa shape index (κ2) is 9.78. The third-order valence-electron chi connectivity index (χ3n) is 7.26. The molecule has 35 heavy (non-hydrogen) atoms. The number of aliphatic hydroxyl groups is 1. The summed E-state index contributed by atoms with van der Waals surface area (Å²) in [6, 6.07) is 19.0. The van der Waals surface area contributed by atoms with Crippen molar-refractivity contribution in [3.05, 3.63) is 90.0 Å². The Morgan fingerprint density at radius 2 is 1.57 bits per heavy atom. The van der Waals surface area contributed by atoms with Crippen LogP contribution in [-0.2, 0) is 10.0 Å². The van der Waals surface area contributed by atoms with Gasteiger partial charge in [-0.25, -0.2) is 17.2 Å². The van der Waals surface area contributed by atoms with Crippen molar-refractivity contribution in [1.29, 1.82) is 0 Å². The van der Waals surface area contributed by atoms with Crippen LogP contribution in [0.3, 0.4) is 0 Å². The van der Waals surface area contributed by atoms with Gasteiger partial charge in [0.1, 0.15) is 11.6 Å². The van der Waals surface area contributed by atoms with Crippen LogP contribution in [0.25, 0.3) is 11.1 Å². The van der Waals surface area contributed by atoms with Crippen LogP contribution in [0, 0.1) is 11.6 Å². The first-order valence-electron chi connectivity index (χ1n) is 11.9. The summed E-state index contributed by atoms with van der Waals surface area (Å²) in [7, 11) is -3.78. The van der Waals surface area contributed by atoms with E-state index in [9.17, 15) is 22.3 Å². The van der Waals surface area contributed by atoms with Crippen molar-refractivity contribution in [2.75, 3.05) is 26.2 Å². The molecule has 0 radical (unpaired) electrons. The summed E-state index contributed by atoms with van der Waals surface area (Å²) in [6.45, 7) is 1.45. The van der Waals surface area contributed by atoms with E-state index in [0.717, 1.165) is 36.2 Å². The molecule has 2 aliphatic rings. The molecule has 5 rings (SSSR count). The number of aliphatic hydroxyl groups excluding tert-OH is 1. The van der Waals surface area contributed by atoms with Gasteiger partial charge in [0.25, 0.3) is 0 Å². The fraction of sp³-hybridized carbons (Fsp3) is 0.333. The van der Waals surface area contributed by atoms with Crippen molar-refractivity contribution < 1.29 is 22.3 Å². The summed E-state index contributed by atoms with van der Waals surface area (Å²) in [6.07, 6.45) is 1.53. The van der Waals surface area contributed by atoms with Gasteiger partial charge in [-0.15, -0.1) is 0 Å². The third-order valence-corrected chi connectivity index (χ3v) is 9.14.